The minimum absolute atomic E-state index is 0.0326. The number of likely N-dealkylation sites (tertiary alicyclic amines) is 1. The van der Waals surface area contributed by atoms with Gasteiger partial charge in [0.15, 0.2) is 11.5 Å². The fraction of sp³-hybridized carbons (Fsp3) is 0.533. The number of benzene rings is 1. The quantitative estimate of drug-likeness (QED) is 0.760. The topological polar surface area (TPSA) is 48.0 Å². The van der Waals surface area contributed by atoms with Gasteiger partial charge >= 0.3 is 0 Å². The fourth-order valence-electron chi connectivity index (χ4n) is 2.61. The zero-order valence-corrected chi connectivity index (χ0v) is 14.1. The Balaban J connectivity index is 2.39. The number of carbonyl (C=O) groups excluding carboxylic acids is 1. The number of methoxy groups -OCH3 is 3. The fourth-order valence-corrected chi connectivity index (χ4v) is 3.29. The number of hydrogen-bond donors (Lipinski definition) is 0. The zero-order chi connectivity index (χ0) is 15.4. The first-order chi connectivity index (χ1) is 10.2. The SMILES string of the molecule is COc1cc(OC)c(C(=O)N2CCCC2CBr)cc1OC. The number of ether oxygens (including phenoxy) is 3. The predicted molar refractivity (Wildman–Crippen MR) is 84.0 cm³/mol. The number of alkyl halides is 1. The second-order valence-corrected chi connectivity index (χ2v) is 5.50. The number of rotatable bonds is 5. The molecule has 1 aliphatic rings. The van der Waals surface area contributed by atoms with Crippen LogP contribution in [0.25, 0.3) is 0 Å². The van der Waals surface area contributed by atoms with Gasteiger partial charge in [0.2, 0.25) is 0 Å². The summed E-state index contributed by atoms with van der Waals surface area (Å²) in [6, 6.07) is 3.60. The highest BCUT2D eigenvalue weighted by atomic mass is 79.9. The molecule has 1 saturated heterocycles. The monoisotopic (exact) mass is 357 g/mol. The number of nitrogens with zero attached hydrogens (tertiary/aromatic N) is 1. The van der Waals surface area contributed by atoms with Gasteiger partial charge in [0.25, 0.3) is 5.91 Å². The molecule has 116 valence electrons. The van der Waals surface area contributed by atoms with Crippen molar-refractivity contribution in [1.82, 2.24) is 4.90 Å². The Morgan fingerprint density at radius 1 is 1.19 bits per heavy atom. The zero-order valence-electron chi connectivity index (χ0n) is 12.5. The summed E-state index contributed by atoms with van der Waals surface area (Å²) in [5.41, 5.74) is 0.503. The molecule has 1 unspecified atom stereocenters. The molecule has 2 rings (SSSR count). The second-order valence-electron chi connectivity index (χ2n) is 4.86. The van der Waals surface area contributed by atoms with E-state index < -0.39 is 0 Å². The van der Waals surface area contributed by atoms with Gasteiger partial charge in [-0.2, -0.15) is 0 Å². The number of carbonyl (C=O) groups is 1. The minimum Gasteiger partial charge on any atom is -0.496 e. The van der Waals surface area contributed by atoms with Crippen LogP contribution in [0.3, 0.4) is 0 Å². The Morgan fingerprint density at radius 2 is 1.81 bits per heavy atom. The van der Waals surface area contributed by atoms with Gasteiger partial charge in [-0.1, -0.05) is 15.9 Å². The van der Waals surface area contributed by atoms with Gasteiger partial charge in [0.1, 0.15) is 5.75 Å². The van der Waals surface area contributed by atoms with E-state index in [0.717, 1.165) is 24.7 Å². The Bertz CT molecular complexity index is 521. The lowest BCUT2D eigenvalue weighted by Gasteiger charge is -2.24. The van der Waals surface area contributed by atoms with Gasteiger partial charge in [-0.25, -0.2) is 0 Å². The Kier molecular flexibility index (Phi) is 5.33. The van der Waals surface area contributed by atoms with Gasteiger partial charge in [-0.15, -0.1) is 0 Å². The summed E-state index contributed by atoms with van der Waals surface area (Å²) in [5, 5.41) is 0.786. The van der Waals surface area contributed by atoms with Crippen molar-refractivity contribution in [2.24, 2.45) is 0 Å². The molecule has 0 aliphatic carbocycles. The lowest BCUT2D eigenvalue weighted by Crippen LogP contribution is -2.36. The molecule has 1 atom stereocenters. The molecule has 1 heterocycles. The lowest BCUT2D eigenvalue weighted by atomic mass is 10.1. The summed E-state index contributed by atoms with van der Waals surface area (Å²) in [5.74, 6) is 1.54. The maximum Gasteiger partial charge on any atom is 0.258 e. The molecule has 1 aliphatic heterocycles. The predicted octanol–water partition coefficient (Wildman–Crippen LogP) is 2.71. The number of halogens is 1. The maximum absolute atomic E-state index is 12.8. The molecule has 1 aromatic carbocycles. The van der Waals surface area contributed by atoms with Crippen LogP contribution in [-0.4, -0.2) is 50.1 Å². The summed E-state index contributed by atoms with van der Waals surface area (Å²) in [6.07, 6.45) is 2.05. The van der Waals surface area contributed by atoms with E-state index >= 15 is 0 Å². The molecule has 0 radical (unpaired) electrons. The van der Waals surface area contributed by atoms with Gasteiger partial charge < -0.3 is 19.1 Å². The van der Waals surface area contributed by atoms with Crippen LogP contribution in [0.2, 0.25) is 0 Å². The first-order valence-corrected chi connectivity index (χ1v) is 7.95. The van der Waals surface area contributed by atoms with E-state index in [1.165, 1.54) is 0 Å². The van der Waals surface area contributed by atoms with Crippen molar-refractivity contribution in [3.05, 3.63) is 17.7 Å². The van der Waals surface area contributed by atoms with Gasteiger partial charge in [0.05, 0.1) is 26.9 Å². The number of amides is 1. The maximum atomic E-state index is 12.8. The van der Waals surface area contributed by atoms with Crippen LogP contribution in [0, 0.1) is 0 Å². The molecule has 0 saturated carbocycles. The van der Waals surface area contributed by atoms with E-state index in [0.29, 0.717) is 22.8 Å². The largest absolute Gasteiger partial charge is 0.496 e. The third-order valence-corrected chi connectivity index (χ3v) is 4.50. The Hall–Kier alpha value is -1.43. The molecule has 1 aromatic rings. The minimum atomic E-state index is -0.0326. The highest BCUT2D eigenvalue weighted by molar-refractivity contribution is 9.09. The molecular weight excluding hydrogens is 338 g/mol. The van der Waals surface area contributed by atoms with Crippen molar-refractivity contribution in [1.29, 1.82) is 0 Å². The normalized spacial score (nSPS) is 17.7. The van der Waals surface area contributed by atoms with Crippen LogP contribution in [0.5, 0.6) is 17.2 Å². The van der Waals surface area contributed by atoms with Crippen molar-refractivity contribution in [2.75, 3.05) is 33.2 Å². The first-order valence-electron chi connectivity index (χ1n) is 6.83. The van der Waals surface area contributed by atoms with Crippen molar-refractivity contribution in [3.63, 3.8) is 0 Å². The van der Waals surface area contributed by atoms with Crippen LogP contribution < -0.4 is 14.2 Å². The summed E-state index contributed by atoms with van der Waals surface area (Å²) < 4.78 is 15.9. The van der Waals surface area contributed by atoms with Crippen LogP contribution in [0.4, 0.5) is 0 Å². The molecule has 1 amide bonds. The molecule has 1 fully saturated rings. The van der Waals surface area contributed by atoms with Crippen LogP contribution >= 0.6 is 15.9 Å². The van der Waals surface area contributed by atoms with Crippen LogP contribution in [0.1, 0.15) is 23.2 Å². The van der Waals surface area contributed by atoms with Gasteiger partial charge in [-0.05, 0) is 12.8 Å². The van der Waals surface area contributed by atoms with Crippen LogP contribution in [-0.2, 0) is 0 Å². The average Bonchev–Trinajstić information content (AvgIpc) is 3.01. The summed E-state index contributed by atoms with van der Waals surface area (Å²) in [4.78, 5) is 14.7. The van der Waals surface area contributed by atoms with Crippen molar-refractivity contribution in [2.45, 2.75) is 18.9 Å². The van der Waals surface area contributed by atoms with E-state index in [1.54, 1.807) is 33.5 Å². The molecule has 5 nitrogen and oxygen atoms in total. The summed E-state index contributed by atoms with van der Waals surface area (Å²) >= 11 is 3.47. The van der Waals surface area contributed by atoms with E-state index in [4.69, 9.17) is 14.2 Å². The standard InChI is InChI=1S/C15H20BrNO4/c1-19-12-8-14(21-3)13(20-2)7-11(12)15(18)17-6-4-5-10(17)9-16/h7-8,10H,4-6,9H2,1-3H3. The smallest absolute Gasteiger partial charge is 0.258 e. The molecule has 21 heavy (non-hydrogen) atoms. The second kappa shape index (κ2) is 7.02. The molecule has 0 spiro atoms. The molecule has 6 heteroatoms. The van der Waals surface area contributed by atoms with E-state index in [-0.39, 0.29) is 11.9 Å². The van der Waals surface area contributed by atoms with Gasteiger partial charge in [0, 0.05) is 30.0 Å². The molecular formula is C15H20BrNO4. The molecule has 0 N–H and O–H groups in total. The van der Waals surface area contributed by atoms with E-state index in [2.05, 4.69) is 15.9 Å². The summed E-state index contributed by atoms with van der Waals surface area (Å²) in [7, 11) is 4.65. The molecule has 0 aromatic heterocycles. The Morgan fingerprint density at radius 3 is 2.38 bits per heavy atom. The highest BCUT2D eigenvalue weighted by Gasteiger charge is 2.31. The third kappa shape index (κ3) is 3.10. The third-order valence-electron chi connectivity index (χ3n) is 3.75. The lowest BCUT2D eigenvalue weighted by molar-refractivity contribution is 0.0746. The highest BCUT2D eigenvalue weighted by Crippen LogP contribution is 2.36. The first kappa shape index (κ1) is 15.9. The summed E-state index contributed by atoms with van der Waals surface area (Å²) in [6.45, 7) is 0.770. The van der Waals surface area contributed by atoms with Crippen molar-refractivity contribution in [3.8, 4) is 17.2 Å². The van der Waals surface area contributed by atoms with Gasteiger partial charge in [-0.3, -0.25) is 4.79 Å². The van der Waals surface area contributed by atoms with E-state index in [9.17, 15) is 4.79 Å². The average molecular weight is 358 g/mol. The van der Waals surface area contributed by atoms with Crippen molar-refractivity contribution >= 4 is 21.8 Å². The Labute approximate surface area is 133 Å². The van der Waals surface area contributed by atoms with Crippen LogP contribution in [0.15, 0.2) is 12.1 Å². The van der Waals surface area contributed by atoms with E-state index in [1.807, 2.05) is 4.90 Å². The van der Waals surface area contributed by atoms with Crippen molar-refractivity contribution < 1.29 is 19.0 Å². The number of hydrogen-bond acceptors (Lipinski definition) is 4. The molecule has 0 bridgehead atoms.